The Balaban J connectivity index is 1.88. The molecule has 0 radical (unpaired) electrons. The van der Waals surface area contributed by atoms with Crippen molar-refractivity contribution in [2.45, 2.75) is 25.9 Å². The number of hydrogen-bond acceptors (Lipinski definition) is 3. The van der Waals surface area contributed by atoms with Gasteiger partial charge in [-0.1, -0.05) is 0 Å². The van der Waals surface area contributed by atoms with Gasteiger partial charge in [0, 0.05) is 32.1 Å². The number of nitrogens with zero attached hydrogens (tertiary/aromatic N) is 2. The summed E-state index contributed by atoms with van der Waals surface area (Å²) in [7, 11) is 0. The molecule has 2 heterocycles. The van der Waals surface area contributed by atoms with E-state index < -0.39 is 18.0 Å². The Morgan fingerprint density at radius 2 is 1.78 bits per heavy atom. The average molecular weight is 256 g/mol. The molecule has 0 aliphatic carbocycles. The van der Waals surface area contributed by atoms with Crippen molar-refractivity contribution in [3.05, 3.63) is 0 Å². The van der Waals surface area contributed by atoms with Crippen LogP contribution < -0.4 is 0 Å². The molecule has 6 nitrogen and oxygen atoms in total. The first kappa shape index (κ1) is 13.1. The van der Waals surface area contributed by atoms with Crippen molar-refractivity contribution >= 4 is 12.0 Å². The number of carboxylic acid groups (broad SMARTS) is 1. The first-order valence-electron chi connectivity index (χ1n) is 6.43. The Morgan fingerprint density at radius 1 is 1.17 bits per heavy atom. The number of likely N-dealkylation sites (tertiary alicyclic amines) is 2. The summed E-state index contributed by atoms with van der Waals surface area (Å²) < 4.78 is 0. The maximum Gasteiger partial charge on any atom is 0.320 e. The molecular weight excluding hydrogens is 236 g/mol. The summed E-state index contributed by atoms with van der Waals surface area (Å²) in [4.78, 5) is 26.3. The second-order valence-corrected chi connectivity index (χ2v) is 5.29. The fraction of sp³-hybridized carbons (Fsp3) is 0.833. The Labute approximate surface area is 106 Å². The van der Waals surface area contributed by atoms with Crippen molar-refractivity contribution < 1.29 is 19.8 Å². The molecule has 2 saturated heterocycles. The van der Waals surface area contributed by atoms with Crippen LogP contribution in [0.5, 0.6) is 0 Å². The number of aliphatic hydroxyl groups is 1. The maximum absolute atomic E-state index is 12.2. The molecule has 3 unspecified atom stereocenters. The van der Waals surface area contributed by atoms with Gasteiger partial charge in [0.2, 0.25) is 0 Å². The van der Waals surface area contributed by atoms with Gasteiger partial charge in [-0.3, -0.25) is 4.79 Å². The van der Waals surface area contributed by atoms with E-state index in [-0.39, 0.29) is 11.9 Å². The Bertz CT molecular complexity index is 345. The van der Waals surface area contributed by atoms with Crippen molar-refractivity contribution in [1.29, 1.82) is 0 Å². The zero-order valence-corrected chi connectivity index (χ0v) is 10.6. The van der Waals surface area contributed by atoms with Gasteiger partial charge >= 0.3 is 12.0 Å². The molecule has 2 N–H and O–H groups in total. The van der Waals surface area contributed by atoms with Gasteiger partial charge in [0.15, 0.2) is 0 Å². The van der Waals surface area contributed by atoms with E-state index in [0.717, 1.165) is 6.42 Å². The fourth-order valence-electron chi connectivity index (χ4n) is 2.69. The predicted octanol–water partition coefficient (Wildman–Crippen LogP) is 0.216. The quantitative estimate of drug-likeness (QED) is 0.740. The molecule has 2 aliphatic rings. The van der Waals surface area contributed by atoms with Gasteiger partial charge in [-0.05, 0) is 19.8 Å². The largest absolute Gasteiger partial charge is 0.481 e. The van der Waals surface area contributed by atoms with Gasteiger partial charge in [-0.15, -0.1) is 0 Å². The van der Waals surface area contributed by atoms with Gasteiger partial charge in [-0.2, -0.15) is 0 Å². The summed E-state index contributed by atoms with van der Waals surface area (Å²) in [6.45, 7) is 3.80. The molecule has 6 heteroatoms. The summed E-state index contributed by atoms with van der Waals surface area (Å²) in [5, 5.41) is 18.4. The third-order valence-electron chi connectivity index (χ3n) is 3.99. The molecule has 0 aromatic heterocycles. The lowest BCUT2D eigenvalue weighted by Crippen LogP contribution is -2.41. The molecule has 3 atom stereocenters. The fourth-order valence-corrected chi connectivity index (χ4v) is 2.69. The van der Waals surface area contributed by atoms with Crippen LogP contribution in [-0.4, -0.2) is 64.3 Å². The highest BCUT2D eigenvalue weighted by molar-refractivity contribution is 5.77. The van der Waals surface area contributed by atoms with E-state index in [1.54, 1.807) is 16.7 Å². The molecule has 0 aromatic carbocycles. The van der Waals surface area contributed by atoms with Crippen LogP contribution in [0, 0.1) is 11.8 Å². The first-order chi connectivity index (χ1) is 8.49. The molecule has 2 aliphatic heterocycles. The lowest BCUT2D eigenvalue weighted by Gasteiger charge is -2.24. The normalized spacial score (nSPS) is 29.7. The van der Waals surface area contributed by atoms with Gasteiger partial charge in [-0.25, -0.2) is 4.79 Å². The number of rotatable bonds is 2. The van der Waals surface area contributed by atoms with Crippen molar-refractivity contribution in [1.82, 2.24) is 9.80 Å². The summed E-state index contributed by atoms with van der Waals surface area (Å²) >= 11 is 0. The molecule has 2 fully saturated rings. The highest BCUT2D eigenvalue weighted by Crippen LogP contribution is 2.23. The van der Waals surface area contributed by atoms with Crippen LogP contribution in [0.3, 0.4) is 0 Å². The average Bonchev–Trinajstić information content (AvgIpc) is 2.97. The maximum atomic E-state index is 12.2. The van der Waals surface area contributed by atoms with Crippen LogP contribution in [-0.2, 0) is 4.79 Å². The second kappa shape index (κ2) is 5.14. The molecule has 102 valence electrons. The SMILES string of the molecule is CC(O)C1CCN(C(=O)N2CCC(C(=O)O)C2)C1. The van der Waals surface area contributed by atoms with E-state index in [2.05, 4.69) is 0 Å². The number of aliphatic carboxylic acids is 1. The van der Waals surface area contributed by atoms with E-state index >= 15 is 0 Å². The molecule has 2 rings (SSSR count). The minimum Gasteiger partial charge on any atom is -0.481 e. The van der Waals surface area contributed by atoms with E-state index in [1.807, 2.05) is 0 Å². The minimum atomic E-state index is -0.825. The summed E-state index contributed by atoms with van der Waals surface area (Å²) in [5.74, 6) is -1.11. The van der Waals surface area contributed by atoms with Crippen molar-refractivity contribution in [2.75, 3.05) is 26.2 Å². The molecule has 18 heavy (non-hydrogen) atoms. The van der Waals surface area contributed by atoms with Crippen LogP contribution in [0.4, 0.5) is 4.79 Å². The van der Waals surface area contributed by atoms with Crippen molar-refractivity contribution in [2.24, 2.45) is 11.8 Å². The third-order valence-corrected chi connectivity index (χ3v) is 3.99. The standard InChI is InChI=1S/C12H20N2O4/c1-8(15)9-2-4-13(6-9)12(18)14-5-3-10(7-14)11(16)17/h8-10,15H,2-7H2,1H3,(H,16,17). The molecular formula is C12H20N2O4. The highest BCUT2D eigenvalue weighted by atomic mass is 16.4. The zero-order valence-electron chi connectivity index (χ0n) is 10.6. The first-order valence-corrected chi connectivity index (χ1v) is 6.43. The number of aliphatic hydroxyl groups excluding tert-OH is 1. The molecule has 0 saturated carbocycles. The van der Waals surface area contributed by atoms with Crippen LogP contribution in [0.1, 0.15) is 19.8 Å². The van der Waals surface area contributed by atoms with Gasteiger partial charge in [0.05, 0.1) is 12.0 Å². The van der Waals surface area contributed by atoms with Gasteiger partial charge in [0.25, 0.3) is 0 Å². The predicted molar refractivity (Wildman–Crippen MR) is 64.1 cm³/mol. The Kier molecular flexibility index (Phi) is 3.75. The van der Waals surface area contributed by atoms with Crippen LogP contribution in [0.15, 0.2) is 0 Å². The number of carbonyl (C=O) groups is 2. The second-order valence-electron chi connectivity index (χ2n) is 5.29. The van der Waals surface area contributed by atoms with Crippen LogP contribution in [0.2, 0.25) is 0 Å². The minimum absolute atomic E-state index is 0.0816. The number of amides is 2. The zero-order chi connectivity index (χ0) is 13.3. The summed E-state index contributed by atoms with van der Waals surface area (Å²) in [6.07, 6.45) is 0.960. The lowest BCUT2D eigenvalue weighted by atomic mass is 10.0. The third kappa shape index (κ3) is 2.58. The van der Waals surface area contributed by atoms with E-state index in [1.165, 1.54) is 0 Å². The molecule has 0 aromatic rings. The lowest BCUT2D eigenvalue weighted by molar-refractivity contribution is -0.141. The Morgan fingerprint density at radius 3 is 2.28 bits per heavy atom. The highest BCUT2D eigenvalue weighted by Gasteiger charge is 2.36. The van der Waals surface area contributed by atoms with Gasteiger partial charge < -0.3 is 20.0 Å². The number of carbonyl (C=O) groups excluding carboxylic acids is 1. The van der Waals surface area contributed by atoms with Crippen molar-refractivity contribution in [3.63, 3.8) is 0 Å². The Hall–Kier alpha value is -1.30. The number of carboxylic acids is 1. The number of urea groups is 1. The van der Waals surface area contributed by atoms with E-state index in [4.69, 9.17) is 5.11 Å². The molecule has 0 bridgehead atoms. The summed E-state index contributed by atoms with van der Waals surface area (Å²) in [6, 6.07) is -0.0816. The van der Waals surface area contributed by atoms with E-state index in [0.29, 0.717) is 32.6 Å². The smallest absolute Gasteiger partial charge is 0.320 e. The number of hydrogen-bond donors (Lipinski definition) is 2. The van der Waals surface area contributed by atoms with Crippen LogP contribution >= 0.6 is 0 Å². The molecule has 0 spiro atoms. The molecule has 2 amide bonds. The van der Waals surface area contributed by atoms with E-state index in [9.17, 15) is 14.7 Å². The summed E-state index contributed by atoms with van der Waals surface area (Å²) in [5.41, 5.74) is 0. The van der Waals surface area contributed by atoms with Crippen LogP contribution in [0.25, 0.3) is 0 Å². The van der Waals surface area contributed by atoms with Crippen molar-refractivity contribution in [3.8, 4) is 0 Å². The topological polar surface area (TPSA) is 81.1 Å². The monoisotopic (exact) mass is 256 g/mol. The van der Waals surface area contributed by atoms with Gasteiger partial charge in [0.1, 0.15) is 0 Å².